The number of Topliss-reactive ketones (excluding diaryl/α,β-unsaturated/α-hetero) is 1. The summed E-state index contributed by atoms with van der Waals surface area (Å²) in [4.78, 5) is 65.0. The monoisotopic (exact) mass is 439 g/mol. The molecule has 4 atom stereocenters. The number of ketones is 1. The van der Waals surface area contributed by atoms with Crippen molar-refractivity contribution in [1.82, 2.24) is 15.7 Å². The Morgan fingerprint density at radius 1 is 1.13 bits per heavy atom. The van der Waals surface area contributed by atoms with Crippen LogP contribution in [0.15, 0.2) is 0 Å². The maximum absolute atomic E-state index is 12.7. The molecule has 4 amide bonds. The fraction of sp³-hybridized carbons (Fsp3) is 0.750. The fourth-order valence-electron chi connectivity index (χ4n) is 4.09. The molecule has 0 aromatic carbocycles. The van der Waals surface area contributed by atoms with Gasteiger partial charge in [-0.1, -0.05) is 26.2 Å². The summed E-state index contributed by atoms with van der Waals surface area (Å²) in [5, 5.41) is 6.70. The van der Waals surface area contributed by atoms with Crippen LogP contribution in [-0.2, 0) is 24.0 Å². The van der Waals surface area contributed by atoms with E-state index in [4.69, 9.17) is 4.84 Å². The van der Waals surface area contributed by atoms with Gasteiger partial charge in [-0.05, 0) is 19.3 Å². The molecule has 0 spiro atoms. The molecule has 3 aliphatic heterocycles. The Labute approximate surface area is 180 Å². The molecule has 3 fully saturated rings. The molecule has 3 aliphatic rings. The Kier molecular flexibility index (Phi) is 7.74. The van der Waals surface area contributed by atoms with Gasteiger partial charge < -0.3 is 15.5 Å². The van der Waals surface area contributed by atoms with Gasteiger partial charge in [-0.2, -0.15) is 11.8 Å². The van der Waals surface area contributed by atoms with Crippen LogP contribution in [0.1, 0.15) is 64.7 Å². The Bertz CT molecular complexity index is 699. The van der Waals surface area contributed by atoms with E-state index in [1.807, 2.05) is 18.7 Å². The molecule has 10 heteroatoms. The molecular weight excluding hydrogens is 410 g/mol. The second-order valence-electron chi connectivity index (χ2n) is 8.02. The zero-order valence-electron chi connectivity index (χ0n) is 17.2. The summed E-state index contributed by atoms with van der Waals surface area (Å²) in [5.74, 6) is -2.17. The third-order valence-electron chi connectivity index (χ3n) is 5.81. The third kappa shape index (κ3) is 5.33. The lowest BCUT2D eigenvalue weighted by molar-refractivity contribution is -0.201. The van der Waals surface area contributed by atoms with E-state index in [1.165, 1.54) is 0 Å². The van der Waals surface area contributed by atoms with E-state index in [1.54, 1.807) is 0 Å². The lowest BCUT2D eigenvalue weighted by atomic mass is 9.93. The van der Waals surface area contributed by atoms with Crippen LogP contribution in [0.2, 0.25) is 0 Å². The number of nitrogens with zero attached hydrogens (tertiary/aromatic N) is 1. The van der Waals surface area contributed by atoms with Crippen LogP contribution in [0, 0.1) is 5.92 Å². The predicted octanol–water partition coefficient (Wildman–Crippen LogP) is 1.69. The number of amides is 4. The van der Waals surface area contributed by atoms with Crippen molar-refractivity contribution in [3.8, 4) is 0 Å². The highest BCUT2D eigenvalue weighted by Gasteiger charge is 2.42. The number of urea groups is 1. The van der Waals surface area contributed by atoms with E-state index < -0.39 is 23.7 Å². The molecule has 9 nitrogen and oxygen atoms in total. The molecule has 3 saturated heterocycles. The van der Waals surface area contributed by atoms with E-state index in [0.717, 1.165) is 25.0 Å². The van der Waals surface area contributed by atoms with Gasteiger partial charge in [0.25, 0.3) is 11.8 Å². The van der Waals surface area contributed by atoms with Crippen molar-refractivity contribution in [1.29, 1.82) is 0 Å². The molecule has 30 heavy (non-hydrogen) atoms. The van der Waals surface area contributed by atoms with Gasteiger partial charge in [0.1, 0.15) is 11.7 Å². The van der Waals surface area contributed by atoms with Crippen LogP contribution < -0.4 is 10.6 Å². The number of hydroxylamine groups is 2. The molecule has 0 aromatic rings. The van der Waals surface area contributed by atoms with Crippen LogP contribution in [0.4, 0.5) is 4.79 Å². The standard InChI is InChI=1S/C20H29N3O6S/c1-2-3-6-12(19(27)29-23-16(25)9-10-17(23)26)14(24)7-4-5-8-15-18-13(11-30-15)21-20(28)22-18/h12-13,15,18H,2-11H2,1H3,(H2,21,22,28)/t12?,13-,15-,18-/m0/s1. The molecule has 0 aliphatic carbocycles. The first kappa shape index (κ1) is 22.6. The summed E-state index contributed by atoms with van der Waals surface area (Å²) >= 11 is 1.83. The minimum Gasteiger partial charge on any atom is -0.332 e. The number of thioether (sulfide) groups is 1. The Balaban J connectivity index is 1.45. The number of fused-ring (bicyclic) bond motifs is 1. The summed E-state index contributed by atoms with van der Waals surface area (Å²) < 4.78 is 0. The highest BCUT2D eigenvalue weighted by molar-refractivity contribution is 8.00. The van der Waals surface area contributed by atoms with Gasteiger partial charge in [-0.25, -0.2) is 9.59 Å². The fourth-order valence-corrected chi connectivity index (χ4v) is 5.64. The molecule has 166 valence electrons. The number of carbonyl (C=O) groups excluding carboxylic acids is 5. The zero-order chi connectivity index (χ0) is 21.7. The summed E-state index contributed by atoms with van der Waals surface area (Å²) in [6, 6.07) is 0.206. The lowest BCUT2D eigenvalue weighted by Gasteiger charge is -2.19. The molecular formula is C20H29N3O6S. The van der Waals surface area contributed by atoms with Crippen LogP contribution in [0.25, 0.3) is 0 Å². The minimum absolute atomic E-state index is 0.0245. The normalized spacial score (nSPS) is 26.4. The summed E-state index contributed by atoms with van der Waals surface area (Å²) in [6.07, 6.45) is 4.51. The van der Waals surface area contributed by atoms with E-state index in [2.05, 4.69) is 10.6 Å². The van der Waals surface area contributed by atoms with E-state index in [9.17, 15) is 24.0 Å². The first-order valence-electron chi connectivity index (χ1n) is 10.7. The molecule has 0 bridgehead atoms. The average molecular weight is 440 g/mol. The van der Waals surface area contributed by atoms with Gasteiger partial charge in [-0.3, -0.25) is 14.4 Å². The molecule has 3 rings (SSSR count). The van der Waals surface area contributed by atoms with E-state index in [0.29, 0.717) is 29.6 Å². The summed E-state index contributed by atoms with van der Waals surface area (Å²) in [5.41, 5.74) is 0. The van der Waals surface area contributed by atoms with Crippen molar-refractivity contribution in [2.45, 2.75) is 82.0 Å². The third-order valence-corrected chi connectivity index (χ3v) is 7.32. The molecule has 0 saturated carbocycles. The van der Waals surface area contributed by atoms with Crippen molar-refractivity contribution >= 4 is 41.4 Å². The van der Waals surface area contributed by atoms with Crippen LogP contribution in [0.3, 0.4) is 0 Å². The molecule has 1 unspecified atom stereocenters. The Hall–Kier alpha value is -2.10. The van der Waals surface area contributed by atoms with Crippen LogP contribution in [0.5, 0.6) is 0 Å². The summed E-state index contributed by atoms with van der Waals surface area (Å²) in [7, 11) is 0. The largest absolute Gasteiger partial charge is 0.343 e. The minimum atomic E-state index is -0.949. The van der Waals surface area contributed by atoms with Crippen molar-refractivity contribution in [3.05, 3.63) is 0 Å². The Morgan fingerprint density at radius 2 is 1.87 bits per heavy atom. The topological polar surface area (TPSA) is 122 Å². The van der Waals surface area contributed by atoms with Crippen molar-refractivity contribution in [2.24, 2.45) is 5.92 Å². The number of carbonyl (C=O) groups is 5. The average Bonchev–Trinajstić information content (AvgIpc) is 3.35. The van der Waals surface area contributed by atoms with E-state index >= 15 is 0 Å². The number of imide groups is 1. The predicted molar refractivity (Wildman–Crippen MR) is 109 cm³/mol. The van der Waals surface area contributed by atoms with Crippen LogP contribution >= 0.6 is 11.8 Å². The summed E-state index contributed by atoms with van der Waals surface area (Å²) in [6.45, 7) is 1.96. The molecule has 0 radical (unpaired) electrons. The quantitative estimate of drug-likeness (QED) is 0.217. The van der Waals surface area contributed by atoms with Crippen molar-refractivity contribution in [3.63, 3.8) is 0 Å². The number of hydrogen-bond acceptors (Lipinski definition) is 7. The highest BCUT2D eigenvalue weighted by atomic mass is 32.2. The second-order valence-corrected chi connectivity index (χ2v) is 9.29. The van der Waals surface area contributed by atoms with Crippen molar-refractivity contribution in [2.75, 3.05) is 5.75 Å². The number of unbranched alkanes of at least 4 members (excludes halogenated alkanes) is 2. The van der Waals surface area contributed by atoms with Gasteiger partial charge in [0, 0.05) is 30.3 Å². The maximum atomic E-state index is 12.7. The Morgan fingerprint density at radius 3 is 2.57 bits per heavy atom. The second kappa shape index (κ2) is 10.3. The lowest BCUT2D eigenvalue weighted by Crippen LogP contribution is -2.37. The van der Waals surface area contributed by atoms with E-state index in [-0.39, 0.29) is 43.2 Å². The zero-order valence-corrected chi connectivity index (χ0v) is 18.0. The van der Waals surface area contributed by atoms with Gasteiger partial charge in [0.15, 0.2) is 0 Å². The highest BCUT2D eigenvalue weighted by Crippen LogP contribution is 2.33. The smallest absolute Gasteiger partial charge is 0.332 e. The maximum Gasteiger partial charge on any atom is 0.343 e. The first-order valence-corrected chi connectivity index (χ1v) is 11.7. The SMILES string of the molecule is CCCCC(C(=O)CCCC[C@@H]1SC[C@@H]2NC(=O)N[C@@H]21)C(=O)ON1C(=O)CCC1=O. The molecule has 2 N–H and O–H groups in total. The number of hydrogen-bond donors (Lipinski definition) is 2. The van der Waals surface area contributed by atoms with Gasteiger partial charge in [0.05, 0.1) is 12.1 Å². The van der Waals surface area contributed by atoms with Gasteiger partial charge in [-0.15, -0.1) is 5.06 Å². The molecule has 3 heterocycles. The van der Waals surface area contributed by atoms with Gasteiger partial charge in [0.2, 0.25) is 0 Å². The number of nitrogens with one attached hydrogen (secondary N) is 2. The number of rotatable bonds is 11. The van der Waals surface area contributed by atoms with Crippen molar-refractivity contribution < 1.29 is 28.8 Å². The first-order chi connectivity index (χ1) is 14.4. The van der Waals surface area contributed by atoms with Gasteiger partial charge >= 0.3 is 12.0 Å². The van der Waals surface area contributed by atoms with Crippen LogP contribution in [-0.4, -0.2) is 57.7 Å². The molecule has 0 aromatic heterocycles.